The molecule has 0 aliphatic rings. The minimum Gasteiger partial charge on any atom is -0.379 e. The third-order valence-corrected chi connectivity index (χ3v) is 1.68. The molecule has 0 fully saturated rings. The molecule has 0 aromatic carbocycles. The van der Waals surface area contributed by atoms with Gasteiger partial charge in [-0.05, 0) is 13.8 Å². The fourth-order valence-electron chi connectivity index (χ4n) is 0.925. The van der Waals surface area contributed by atoms with Gasteiger partial charge in [0.1, 0.15) is 0 Å². The van der Waals surface area contributed by atoms with Crippen LogP contribution in [-0.4, -0.2) is 31.8 Å². The summed E-state index contributed by atoms with van der Waals surface area (Å²) in [4.78, 5) is 10.6. The van der Waals surface area contributed by atoms with Crippen LogP contribution in [0, 0.1) is 0 Å². The van der Waals surface area contributed by atoms with E-state index >= 15 is 0 Å². The van der Waals surface area contributed by atoms with E-state index in [1.807, 2.05) is 13.8 Å². The number of rotatable bonds is 6. The van der Waals surface area contributed by atoms with Crippen molar-refractivity contribution in [2.45, 2.75) is 32.5 Å². The Kier molecular flexibility index (Phi) is 5.66. The molecule has 0 bridgehead atoms. The number of ether oxygens (including phenoxy) is 2. The molecule has 4 nitrogen and oxygen atoms in total. The van der Waals surface area contributed by atoms with E-state index in [-0.39, 0.29) is 24.5 Å². The van der Waals surface area contributed by atoms with Gasteiger partial charge in [-0.1, -0.05) is 0 Å². The van der Waals surface area contributed by atoms with Gasteiger partial charge in [-0.25, -0.2) is 0 Å². The van der Waals surface area contributed by atoms with Crippen LogP contribution in [-0.2, 0) is 14.3 Å². The van der Waals surface area contributed by atoms with Crippen molar-refractivity contribution in [3.8, 4) is 0 Å². The van der Waals surface area contributed by atoms with Gasteiger partial charge in [0.05, 0.1) is 18.6 Å². The van der Waals surface area contributed by atoms with Crippen LogP contribution in [0.25, 0.3) is 0 Å². The van der Waals surface area contributed by atoms with Crippen molar-refractivity contribution >= 4 is 5.91 Å². The molecule has 0 unspecified atom stereocenters. The van der Waals surface area contributed by atoms with Crippen molar-refractivity contribution in [3.05, 3.63) is 0 Å². The maximum atomic E-state index is 10.6. The zero-order chi connectivity index (χ0) is 9.56. The summed E-state index contributed by atoms with van der Waals surface area (Å²) in [6.07, 6.45) is -0.113. The van der Waals surface area contributed by atoms with Crippen molar-refractivity contribution < 1.29 is 14.3 Å². The Morgan fingerprint density at radius 3 is 2.50 bits per heavy atom. The summed E-state index contributed by atoms with van der Waals surface area (Å²) in [7, 11) is 1.58. The van der Waals surface area contributed by atoms with Gasteiger partial charge in [-0.3, -0.25) is 4.79 Å². The second kappa shape index (κ2) is 5.97. The summed E-state index contributed by atoms with van der Waals surface area (Å²) in [6, 6.07) is 0. The van der Waals surface area contributed by atoms with E-state index in [0.717, 1.165) is 0 Å². The molecule has 0 rings (SSSR count). The Bertz CT molecular complexity index is 138. The smallest absolute Gasteiger partial charge is 0.220 e. The molecule has 0 heterocycles. The fourth-order valence-corrected chi connectivity index (χ4v) is 0.925. The third kappa shape index (κ3) is 4.31. The number of carbonyl (C=O) groups excluding carboxylic acids is 1. The highest BCUT2D eigenvalue weighted by atomic mass is 16.5. The SMILES string of the molecule is CCO[C@H](CC(N)=O)[C@@H](C)OC. The highest BCUT2D eigenvalue weighted by Crippen LogP contribution is 2.06. The lowest BCUT2D eigenvalue weighted by Gasteiger charge is -2.21. The minimum atomic E-state index is -0.364. The van der Waals surface area contributed by atoms with E-state index in [2.05, 4.69) is 0 Å². The number of primary amides is 1. The van der Waals surface area contributed by atoms with Crippen molar-refractivity contribution in [1.82, 2.24) is 0 Å². The molecular formula is C8H17NO3. The molecule has 0 spiro atoms. The zero-order valence-corrected chi connectivity index (χ0v) is 7.87. The van der Waals surface area contributed by atoms with Crippen LogP contribution in [0.3, 0.4) is 0 Å². The van der Waals surface area contributed by atoms with Crippen LogP contribution >= 0.6 is 0 Å². The third-order valence-electron chi connectivity index (χ3n) is 1.68. The predicted molar refractivity (Wildman–Crippen MR) is 45.7 cm³/mol. The molecular weight excluding hydrogens is 158 g/mol. The van der Waals surface area contributed by atoms with Crippen molar-refractivity contribution in [2.24, 2.45) is 5.73 Å². The van der Waals surface area contributed by atoms with Gasteiger partial charge < -0.3 is 15.2 Å². The molecule has 1 amide bonds. The number of nitrogens with two attached hydrogens (primary N) is 1. The molecule has 0 aliphatic carbocycles. The fraction of sp³-hybridized carbons (Fsp3) is 0.875. The molecule has 72 valence electrons. The van der Waals surface area contributed by atoms with Crippen molar-refractivity contribution in [3.63, 3.8) is 0 Å². The first-order valence-corrected chi connectivity index (χ1v) is 4.04. The summed E-state index contributed by atoms with van der Waals surface area (Å²) in [5.74, 6) is -0.364. The summed E-state index contributed by atoms with van der Waals surface area (Å²) < 4.78 is 10.3. The van der Waals surface area contributed by atoms with Gasteiger partial charge in [-0.15, -0.1) is 0 Å². The highest BCUT2D eigenvalue weighted by molar-refractivity contribution is 5.74. The Morgan fingerprint density at radius 2 is 2.17 bits per heavy atom. The first-order chi connectivity index (χ1) is 5.61. The van der Waals surface area contributed by atoms with E-state index in [1.54, 1.807) is 7.11 Å². The van der Waals surface area contributed by atoms with Crippen LogP contribution in [0.15, 0.2) is 0 Å². The average Bonchev–Trinajstić information content (AvgIpc) is 2.01. The molecule has 0 saturated heterocycles. The molecule has 2 atom stereocenters. The van der Waals surface area contributed by atoms with Crippen LogP contribution < -0.4 is 5.73 Å². The van der Waals surface area contributed by atoms with Gasteiger partial charge in [0.25, 0.3) is 0 Å². The highest BCUT2D eigenvalue weighted by Gasteiger charge is 2.18. The molecule has 2 N–H and O–H groups in total. The van der Waals surface area contributed by atoms with E-state index in [1.165, 1.54) is 0 Å². The average molecular weight is 175 g/mol. The van der Waals surface area contributed by atoms with Crippen LogP contribution in [0.1, 0.15) is 20.3 Å². The van der Waals surface area contributed by atoms with E-state index < -0.39 is 0 Å². The number of hydrogen-bond donors (Lipinski definition) is 1. The molecule has 0 aromatic heterocycles. The molecule has 0 saturated carbocycles. The van der Waals surface area contributed by atoms with Gasteiger partial charge in [-0.2, -0.15) is 0 Å². The summed E-state index contributed by atoms with van der Waals surface area (Å²) in [5.41, 5.74) is 5.04. The summed E-state index contributed by atoms with van der Waals surface area (Å²) >= 11 is 0. The van der Waals surface area contributed by atoms with Crippen LogP contribution in [0.5, 0.6) is 0 Å². The van der Waals surface area contributed by atoms with Gasteiger partial charge in [0.15, 0.2) is 0 Å². The molecule has 0 aliphatic heterocycles. The predicted octanol–water partition coefficient (Wildman–Crippen LogP) is 0.302. The normalized spacial score (nSPS) is 15.6. The number of hydrogen-bond acceptors (Lipinski definition) is 3. The quantitative estimate of drug-likeness (QED) is 0.631. The summed E-state index contributed by atoms with van der Waals surface area (Å²) in [6.45, 7) is 4.28. The maximum Gasteiger partial charge on any atom is 0.220 e. The van der Waals surface area contributed by atoms with E-state index in [0.29, 0.717) is 6.61 Å². The zero-order valence-electron chi connectivity index (χ0n) is 7.87. The molecule has 4 heteroatoms. The lowest BCUT2D eigenvalue weighted by atomic mass is 10.1. The van der Waals surface area contributed by atoms with E-state index in [4.69, 9.17) is 15.2 Å². The molecule has 12 heavy (non-hydrogen) atoms. The Morgan fingerprint density at radius 1 is 1.58 bits per heavy atom. The first-order valence-electron chi connectivity index (χ1n) is 4.04. The Hall–Kier alpha value is -0.610. The minimum absolute atomic E-state index is 0.0996. The second-order valence-corrected chi connectivity index (χ2v) is 2.61. The number of carbonyl (C=O) groups is 1. The second-order valence-electron chi connectivity index (χ2n) is 2.61. The van der Waals surface area contributed by atoms with Crippen molar-refractivity contribution in [2.75, 3.05) is 13.7 Å². The maximum absolute atomic E-state index is 10.6. The monoisotopic (exact) mass is 175 g/mol. The lowest BCUT2D eigenvalue weighted by Crippen LogP contribution is -2.32. The molecule has 0 radical (unpaired) electrons. The first kappa shape index (κ1) is 11.4. The number of methoxy groups -OCH3 is 1. The van der Waals surface area contributed by atoms with Crippen molar-refractivity contribution in [1.29, 1.82) is 0 Å². The standard InChI is InChI=1S/C8H17NO3/c1-4-12-7(5-8(9)10)6(2)11-3/h6-7H,4-5H2,1-3H3,(H2,9,10)/t6-,7-/m1/s1. The van der Waals surface area contributed by atoms with Gasteiger partial charge in [0, 0.05) is 13.7 Å². The van der Waals surface area contributed by atoms with E-state index in [9.17, 15) is 4.79 Å². The topological polar surface area (TPSA) is 61.5 Å². The van der Waals surface area contributed by atoms with Crippen LogP contribution in [0.2, 0.25) is 0 Å². The number of amides is 1. The largest absolute Gasteiger partial charge is 0.379 e. The summed E-state index contributed by atoms with van der Waals surface area (Å²) in [5, 5.41) is 0. The Labute approximate surface area is 73.0 Å². The van der Waals surface area contributed by atoms with Gasteiger partial charge >= 0.3 is 0 Å². The van der Waals surface area contributed by atoms with Crippen LogP contribution in [0.4, 0.5) is 0 Å². The Balaban J connectivity index is 3.93. The molecule has 0 aromatic rings. The lowest BCUT2D eigenvalue weighted by molar-refractivity contribution is -0.124. The van der Waals surface area contributed by atoms with Gasteiger partial charge in [0.2, 0.25) is 5.91 Å².